The van der Waals surface area contributed by atoms with Crippen molar-refractivity contribution >= 4 is 5.97 Å². The van der Waals surface area contributed by atoms with Crippen LogP contribution in [-0.4, -0.2) is 26.1 Å². The molecule has 1 heterocycles. The molecule has 17 heavy (non-hydrogen) atoms. The lowest BCUT2D eigenvalue weighted by Crippen LogP contribution is -2.11. The average molecular weight is 231 g/mol. The van der Waals surface area contributed by atoms with Gasteiger partial charge in [0.2, 0.25) is 0 Å². The van der Waals surface area contributed by atoms with Crippen molar-refractivity contribution in [3.63, 3.8) is 0 Å². The summed E-state index contributed by atoms with van der Waals surface area (Å²) in [6, 6.07) is 3.44. The molecule has 0 aliphatic carbocycles. The Hall–Kier alpha value is -2.17. The van der Waals surface area contributed by atoms with Crippen molar-refractivity contribution in [3.8, 4) is 5.69 Å². The Morgan fingerprint density at radius 3 is 2.53 bits per heavy atom. The fourth-order valence-electron chi connectivity index (χ4n) is 1.89. The third-order valence-corrected chi connectivity index (χ3v) is 2.77. The van der Waals surface area contributed by atoms with E-state index in [2.05, 4.69) is 10.2 Å². The fraction of sp³-hybridized carbons (Fsp3) is 0.250. The maximum absolute atomic E-state index is 11.2. The Labute approximate surface area is 98.7 Å². The molecule has 0 atom stereocenters. The summed E-state index contributed by atoms with van der Waals surface area (Å²) in [5, 5.41) is 17.2. The Bertz CT molecular complexity index is 547. The summed E-state index contributed by atoms with van der Waals surface area (Å²) in [6.07, 6.45) is 3.91. The van der Waals surface area contributed by atoms with Crippen LogP contribution in [-0.2, 0) is 6.42 Å². The van der Waals surface area contributed by atoms with Crippen molar-refractivity contribution in [1.29, 1.82) is 0 Å². The SMILES string of the molecule is CCc1ccc(C(=O)O)c(-n2nccn2)c1C. The topological polar surface area (TPSA) is 68.0 Å². The van der Waals surface area contributed by atoms with Crippen LogP contribution in [0.5, 0.6) is 0 Å². The highest BCUT2D eigenvalue weighted by atomic mass is 16.4. The molecular weight excluding hydrogens is 218 g/mol. The van der Waals surface area contributed by atoms with Crippen LogP contribution in [0, 0.1) is 6.92 Å². The standard InChI is InChI=1S/C12H13N3O2/c1-3-9-4-5-10(12(16)17)11(8(9)2)15-13-6-7-14-15/h4-7H,3H2,1-2H3,(H,16,17). The van der Waals surface area contributed by atoms with Gasteiger partial charge in [-0.05, 0) is 30.5 Å². The molecule has 0 unspecified atom stereocenters. The van der Waals surface area contributed by atoms with Crippen LogP contribution in [0.2, 0.25) is 0 Å². The van der Waals surface area contributed by atoms with Gasteiger partial charge in [-0.3, -0.25) is 0 Å². The van der Waals surface area contributed by atoms with Gasteiger partial charge in [0.05, 0.1) is 18.0 Å². The van der Waals surface area contributed by atoms with Gasteiger partial charge in [0.25, 0.3) is 0 Å². The molecule has 1 aromatic carbocycles. The van der Waals surface area contributed by atoms with Crippen molar-refractivity contribution in [3.05, 3.63) is 41.2 Å². The molecule has 0 saturated carbocycles. The third-order valence-electron chi connectivity index (χ3n) is 2.77. The number of rotatable bonds is 3. The monoisotopic (exact) mass is 231 g/mol. The number of aryl methyl sites for hydroxylation is 1. The van der Waals surface area contributed by atoms with Gasteiger partial charge >= 0.3 is 5.97 Å². The van der Waals surface area contributed by atoms with Crippen LogP contribution >= 0.6 is 0 Å². The highest BCUT2D eigenvalue weighted by molar-refractivity contribution is 5.92. The molecule has 0 fully saturated rings. The van der Waals surface area contributed by atoms with Crippen LogP contribution in [0.4, 0.5) is 0 Å². The number of benzene rings is 1. The molecule has 1 aromatic heterocycles. The maximum Gasteiger partial charge on any atom is 0.337 e. The molecule has 0 bridgehead atoms. The summed E-state index contributed by atoms with van der Waals surface area (Å²) in [5.74, 6) is -0.969. The summed E-state index contributed by atoms with van der Waals surface area (Å²) in [7, 11) is 0. The molecule has 0 spiro atoms. The van der Waals surface area contributed by atoms with Gasteiger partial charge in [-0.1, -0.05) is 13.0 Å². The van der Waals surface area contributed by atoms with E-state index in [9.17, 15) is 9.90 Å². The number of aromatic carboxylic acids is 1. The zero-order valence-electron chi connectivity index (χ0n) is 9.71. The predicted octanol–water partition coefficient (Wildman–Crippen LogP) is 1.84. The van der Waals surface area contributed by atoms with Gasteiger partial charge < -0.3 is 5.11 Å². The number of carbonyl (C=O) groups is 1. The summed E-state index contributed by atoms with van der Waals surface area (Å²) in [4.78, 5) is 12.6. The van der Waals surface area contributed by atoms with E-state index in [1.54, 1.807) is 6.07 Å². The second kappa shape index (κ2) is 4.37. The predicted molar refractivity (Wildman–Crippen MR) is 62.4 cm³/mol. The summed E-state index contributed by atoms with van der Waals surface area (Å²) in [6.45, 7) is 3.92. The molecule has 0 amide bonds. The molecule has 0 radical (unpaired) electrons. The lowest BCUT2D eigenvalue weighted by Gasteiger charge is -2.12. The quantitative estimate of drug-likeness (QED) is 0.875. The third kappa shape index (κ3) is 1.91. The van der Waals surface area contributed by atoms with Gasteiger partial charge in [0.1, 0.15) is 5.69 Å². The fourth-order valence-corrected chi connectivity index (χ4v) is 1.89. The maximum atomic E-state index is 11.2. The number of hydrogen-bond acceptors (Lipinski definition) is 3. The second-order valence-corrected chi connectivity index (χ2v) is 3.72. The van der Waals surface area contributed by atoms with Gasteiger partial charge in [0, 0.05) is 0 Å². The number of carboxylic acids is 1. The molecule has 5 nitrogen and oxygen atoms in total. The Morgan fingerprint density at radius 1 is 1.35 bits per heavy atom. The van der Waals surface area contributed by atoms with E-state index in [4.69, 9.17) is 0 Å². The highest BCUT2D eigenvalue weighted by Crippen LogP contribution is 2.22. The number of nitrogens with zero attached hydrogens (tertiary/aromatic N) is 3. The van der Waals surface area contributed by atoms with Gasteiger partial charge in [-0.15, -0.1) is 0 Å². The Balaban J connectivity index is 2.72. The van der Waals surface area contributed by atoms with E-state index >= 15 is 0 Å². The van der Waals surface area contributed by atoms with Crippen LogP contribution < -0.4 is 0 Å². The molecule has 1 N–H and O–H groups in total. The van der Waals surface area contributed by atoms with Crippen molar-refractivity contribution < 1.29 is 9.90 Å². The molecule has 5 heteroatoms. The van der Waals surface area contributed by atoms with Gasteiger partial charge in [-0.25, -0.2) is 4.79 Å². The molecule has 0 saturated heterocycles. The lowest BCUT2D eigenvalue weighted by molar-refractivity contribution is 0.0696. The van der Waals surface area contributed by atoms with Gasteiger partial charge in [-0.2, -0.15) is 15.0 Å². The number of carboxylic acid groups (broad SMARTS) is 1. The van der Waals surface area contributed by atoms with E-state index in [0.29, 0.717) is 5.69 Å². The van der Waals surface area contributed by atoms with Crippen molar-refractivity contribution in [2.75, 3.05) is 0 Å². The normalized spacial score (nSPS) is 10.5. The largest absolute Gasteiger partial charge is 0.478 e. The molecule has 0 aliphatic rings. The van der Waals surface area contributed by atoms with Crippen LogP contribution in [0.3, 0.4) is 0 Å². The summed E-state index contributed by atoms with van der Waals surface area (Å²) >= 11 is 0. The minimum Gasteiger partial charge on any atom is -0.478 e. The molecule has 88 valence electrons. The number of hydrogen-bond donors (Lipinski definition) is 1. The second-order valence-electron chi connectivity index (χ2n) is 3.72. The molecule has 2 aromatic rings. The van der Waals surface area contributed by atoms with Crippen LogP contribution in [0.1, 0.15) is 28.4 Å². The van der Waals surface area contributed by atoms with E-state index in [0.717, 1.165) is 17.5 Å². The van der Waals surface area contributed by atoms with Crippen molar-refractivity contribution in [2.45, 2.75) is 20.3 Å². The number of aromatic nitrogens is 3. The summed E-state index contributed by atoms with van der Waals surface area (Å²) in [5.41, 5.74) is 2.77. The van der Waals surface area contributed by atoms with Crippen molar-refractivity contribution in [2.24, 2.45) is 0 Å². The molecular formula is C12H13N3O2. The van der Waals surface area contributed by atoms with Crippen LogP contribution in [0.15, 0.2) is 24.5 Å². The van der Waals surface area contributed by atoms with Crippen molar-refractivity contribution in [1.82, 2.24) is 15.0 Å². The first-order valence-electron chi connectivity index (χ1n) is 5.37. The average Bonchev–Trinajstić information content (AvgIpc) is 2.81. The lowest BCUT2D eigenvalue weighted by atomic mass is 10.0. The minimum atomic E-state index is -0.969. The first-order valence-corrected chi connectivity index (χ1v) is 5.37. The highest BCUT2D eigenvalue weighted by Gasteiger charge is 2.17. The van der Waals surface area contributed by atoms with Crippen LogP contribution in [0.25, 0.3) is 5.69 Å². The van der Waals surface area contributed by atoms with Gasteiger partial charge in [0.15, 0.2) is 0 Å². The zero-order valence-corrected chi connectivity index (χ0v) is 9.71. The summed E-state index contributed by atoms with van der Waals surface area (Å²) < 4.78 is 0. The Kier molecular flexibility index (Phi) is 2.91. The Morgan fingerprint density at radius 2 is 2.00 bits per heavy atom. The van der Waals surface area contributed by atoms with E-state index in [-0.39, 0.29) is 5.56 Å². The van der Waals surface area contributed by atoms with E-state index in [1.165, 1.54) is 17.2 Å². The van der Waals surface area contributed by atoms with E-state index in [1.807, 2.05) is 19.9 Å². The zero-order chi connectivity index (χ0) is 12.4. The van der Waals surface area contributed by atoms with E-state index < -0.39 is 5.97 Å². The first kappa shape index (κ1) is 11.3. The molecule has 0 aliphatic heterocycles. The smallest absolute Gasteiger partial charge is 0.337 e. The first-order chi connectivity index (χ1) is 8.15. The molecule has 2 rings (SSSR count). The minimum absolute atomic E-state index is 0.218.